The predicted molar refractivity (Wildman–Crippen MR) is 101 cm³/mol. The minimum atomic E-state index is -0.103. The number of anilines is 2. The van der Waals surface area contributed by atoms with E-state index in [0.717, 1.165) is 40.4 Å². The number of rotatable bonds is 5. The molecule has 0 spiro atoms. The van der Waals surface area contributed by atoms with Crippen LogP contribution in [0.5, 0.6) is 0 Å². The number of amides is 1. The van der Waals surface area contributed by atoms with Crippen molar-refractivity contribution in [3.8, 4) is 0 Å². The van der Waals surface area contributed by atoms with Crippen LogP contribution in [-0.4, -0.2) is 30.9 Å². The number of fused-ring (bicyclic) bond motifs is 2. The Bertz CT molecular complexity index is 684. The number of nitrogens with zero attached hydrogens (tertiary/aromatic N) is 2. The van der Waals surface area contributed by atoms with Crippen LogP contribution >= 0.6 is 11.8 Å². The van der Waals surface area contributed by atoms with Gasteiger partial charge in [0.15, 0.2) is 0 Å². The van der Waals surface area contributed by atoms with Crippen molar-refractivity contribution in [1.82, 2.24) is 4.90 Å². The number of benzene rings is 2. The van der Waals surface area contributed by atoms with Crippen LogP contribution in [0, 0.1) is 0 Å². The summed E-state index contributed by atoms with van der Waals surface area (Å²) in [6, 6.07) is 16.2. The summed E-state index contributed by atoms with van der Waals surface area (Å²) in [6.07, 6.45) is 3.04. The Hall–Kier alpha value is -1.78. The van der Waals surface area contributed by atoms with E-state index in [0.29, 0.717) is 0 Å². The molecule has 0 aliphatic carbocycles. The standard InChI is InChI=1S/C20H24N2OS/c1-4-5-10-17(21(2)3)20(23)22-15-11-6-8-13-18(15)24-19-14-9-7-12-16(19)22/h6-9,11-14,17H,4-5,10H2,1-3H3. The van der Waals surface area contributed by atoms with Gasteiger partial charge in [0, 0.05) is 9.79 Å². The second kappa shape index (κ2) is 7.41. The van der Waals surface area contributed by atoms with Gasteiger partial charge >= 0.3 is 0 Å². The first-order valence-electron chi connectivity index (χ1n) is 8.49. The zero-order valence-electron chi connectivity index (χ0n) is 14.5. The van der Waals surface area contributed by atoms with Gasteiger partial charge in [0.1, 0.15) is 0 Å². The normalized spacial score (nSPS) is 14.2. The molecule has 1 heterocycles. The molecule has 0 radical (unpaired) electrons. The molecular weight excluding hydrogens is 316 g/mol. The van der Waals surface area contributed by atoms with Crippen molar-refractivity contribution in [2.75, 3.05) is 19.0 Å². The number of hydrogen-bond acceptors (Lipinski definition) is 3. The van der Waals surface area contributed by atoms with Crippen LogP contribution < -0.4 is 4.90 Å². The lowest BCUT2D eigenvalue weighted by Crippen LogP contribution is -2.45. The van der Waals surface area contributed by atoms with E-state index in [-0.39, 0.29) is 11.9 Å². The zero-order chi connectivity index (χ0) is 17.1. The van der Waals surface area contributed by atoms with E-state index in [1.54, 1.807) is 11.8 Å². The Morgan fingerprint density at radius 3 is 2.08 bits per heavy atom. The maximum atomic E-state index is 13.4. The molecule has 3 nitrogen and oxygen atoms in total. The fourth-order valence-electron chi connectivity index (χ4n) is 3.09. The highest BCUT2D eigenvalue weighted by Crippen LogP contribution is 2.48. The molecule has 0 saturated carbocycles. The monoisotopic (exact) mass is 340 g/mol. The largest absolute Gasteiger partial charge is 0.298 e. The third-order valence-corrected chi connectivity index (χ3v) is 5.52. The molecule has 4 heteroatoms. The number of carbonyl (C=O) groups excluding carboxylic acids is 1. The van der Waals surface area contributed by atoms with Gasteiger partial charge in [-0.2, -0.15) is 0 Å². The zero-order valence-corrected chi connectivity index (χ0v) is 15.3. The van der Waals surface area contributed by atoms with E-state index < -0.39 is 0 Å². The Balaban J connectivity index is 2.04. The molecule has 1 aliphatic rings. The minimum Gasteiger partial charge on any atom is -0.298 e. The van der Waals surface area contributed by atoms with Crippen LogP contribution in [0.2, 0.25) is 0 Å². The number of para-hydroxylation sites is 2. The molecule has 1 amide bonds. The molecule has 0 fully saturated rings. The maximum Gasteiger partial charge on any atom is 0.248 e. The summed E-state index contributed by atoms with van der Waals surface area (Å²) in [6.45, 7) is 2.17. The first-order chi connectivity index (χ1) is 11.6. The molecule has 0 N–H and O–H groups in total. The summed E-state index contributed by atoms with van der Waals surface area (Å²) in [5.41, 5.74) is 1.99. The topological polar surface area (TPSA) is 23.6 Å². The summed E-state index contributed by atoms with van der Waals surface area (Å²) >= 11 is 1.73. The van der Waals surface area contributed by atoms with Gasteiger partial charge in [-0.3, -0.25) is 14.6 Å². The second-order valence-electron chi connectivity index (χ2n) is 6.33. The van der Waals surface area contributed by atoms with Crippen molar-refractivity contribution in [3.63, 3.8) is 0 Å². The predicted octanol–water partition coefficient (Wildman–Crippen LogP) is 4.94. The van der Waals surface area contributed by atoms with E-state index in [4.69, 9.17) is 0 Å². The molecule has 1 atom stereocenters. The van der Waals surface area contributed by atoms with Gasteiger partial charge in [-0.05, 0) is 44.8 Å². The number of carbonyl (C=O) groups is 1. The Labute approximate surface area is 148 Å². The second-order valence-corrected chi connectivity index (χ2v) is 7.42. The van der Waals surface area contributed by atoms with Gasteiger partial charge in [0.05, 0.1) is 17.4 Å². The van der Waals surface area contributed by atoms with Crippen molar-refractivity contribution in [3.05, 3.63) is 48.5 Å². The highest BCUT2D eigenvalue weighted by Gasteiger charge is 2.33. The van der Waals surface area contributed by atoms with E-state index in [2.05, 4.69) is 19.1 Å². The molecule has 0 aromatic heterocycles. The Morgan fingerprint density at radius 1 is 1.04 bits per heavy atom. The third kappa shape index (κ3) is 3.21. The molecule has 2 aromatic rings. The molecule has 1 aliphatic heterocycles. The van der Waals surface area contributed by atoms with Crippen molar-refractivity contribution >= 4 is 29.0 Å². The van der Waals surface area contributed by atoms with Gasteiger partial charge in [0.25, 0.3) is 0 Å². The molecule has 24 heavy (non-hydrogen) atoms. The van der Waals surface area contributed by atoms with Crippen LogP contribution in [0.15, 0.2) is 58.3 Å². The molecule has 126 valence electrons. The summed E-state index contributed by atoms with van der Waals surface area (Å²) in [5, 5.41) is 0. The van der Waals surface area contributed by atoms with Gasteiger partial charge < -0.3 is 0 Å². The van der Waals surface area contributed by atoms with Crippen molar-refractivity contribution in [2.45, 2.75) is 42.0 Å². The van der Waals surface area contributed by atoms with Gasteiger partial charge in [-0.1, -0.05) is 55.8 Å². The van der Waals surface area contributed by atoms with Crippen LogP contribution in [0.3, 0.4) is 0 Å². The average molecular weight is 340 g/mol. The van der Waals surface area contributed by atoms with Crippen molar-refractivity contribution in [2.24, 2.45) is 0 Å². The highest BCUT2D eigenvalue weighted by atomic mass is 32.2. The van der Waals surface area contributed by atoms with Crippen molar-refractivity contribution < 1.29 is 4.79 Å². The smallest absolute Gasteiger partial charge is 0.248 e. The summed E-state index contributed by atoms with van der Waals surface area (Å²) in [7, 11) is 3.99. The Kier molecular flexibility index (Phi) is 5.27. The molecule has 0 bridgehead atoms. The first kappa shape index (κ1) is 17.1. The summed E-state index contributed by atoms with van der Waals surface area (Å²) in [4.78, 5) is 19.7. The van der Waals surface area contributed by atoms with Crippen LogP contribution in [0.1, 0.15) is 26.2 Å². The van der Waals surface area contributed by atoms with E-state index >= 15 is 0 Å². The third-order valence-electron chi connectivity index (χ3n) is 4.39. The van der Waals surface area contributed by atoms with E-state index in [9.17, 15) is 4.79 Å². The SMILES string of the molecule is CCCCC(C(=O)N1c2ccccc2Sc2ccccc21)N(C)C. The van der Waals surface area contributed by atoms with E-state index in [1.807, 2.05) is 60.3 Å². The van der Waals surface area contributed by atoms with Gasteiger partial charge in [-0.15, -0.1) is 0 Å². The number of likely N-dealkylation sites (N-methyl/N-ethyl adjacent to an activating group) is 1. The summed E-state index contributed by atoms with van der Waals surface area (Å²) < 4.78 is 0. The molecular formula is C20H24N2OS. The lowest BCUT2D eigenvalue weighted by atomic mass is 10.1. The lowest BCUT2D eigenvalue weighted by molar-refractivity contribution is -0.122. The summed E-state index contributed by atoms with van der Waals surface area (Å²) in [5.74, 6) is 0.161. The van der Waals surface area contributed by atoms with Gasteiger partial charge in [0.2, 0.25) is 5.91 Å². The minimum absolute atomic E-state index is 0.103. The quantitative estimate of drug-likeness (QED) is 0.770. The first-order valence-corrected chi connectivity index (χ1v) is 9.31. The van der Waals surface area contributed by atoms with Crippen LogP contribution in [0.4, 0.5) is 11.4 Å². The highest BCUT2D eigenvalue weighted by molar-refractivity contribution is 7.99. The molecule has 3 rings (SSSR count). The average Bonchev–Trinajstić information content (AvgIpc) is 2.59. The Morgan fingerprint density at radius 2 is 1.58 bits per heavy atom. The van der Waals surface area contributed by atoms with Crippen molar-refractivity contribution in [1.29, 1.82) is 0 Å². The molecule has 0 saturated heterocycles. The van der Waals surface area contributed by atoms with Crippen LogP contribution in [-0.2, 0) is 4.79 Å². The van der Waals surface area contributed by atoms with Gasteiger partial charge in [-0.25, -0.2) is 0 Å². The van der Waals surface area contributed by atoms with Crippen LogP contribution in [0.25, 0.3) is 0 Å². The molecule has 2 aromatic carbocycles. The lowest BCUT2D eigenvalue weighted by Gasteiger charge is -2.35. The number of hydrogen-bond donors (Lipinski definition) is 0. The van der Waals surface area contributed by atoms with E-state index in [1.165, 1.54) is 0 Å². The maximum absolute atomic E-state index is 13.4. The fraction of sp³-hybridized carbons (Fsp3) is 0.350. The number of unbranched alkanes of at least 4 members (excludes halogenated alkanes) is 1. The molecule has 1 unspecified atom stereocenters. The fourth-order valence-corrected chi connectivity index (χ4v) is 4.15.